The van der Waals surface area contributed by atoms with Crippen LogP contribution in [0.25, 0.3) is 11.7 Å². The first kappa shape index (κ1) is 19.2. The molecule has 0 amide bonds. The SMILES string of the molecule is COc1ccc(Nc2cc(=NC3CC3)n3nc/c(=C\c4[nH]c(=O)[nH]c4O)c3n2)cc1Cl. The van der Waals surface area contributed by atoms with E-state index in [2.05, 4.69) is 25.4 Å². The van der Waals surface area contributed by atoms with Crippen molar-refractivity contribution >= 4 is 34.8 Å². The summed E-state index contributed by atoms with van der Waals surface area (Å²) >= 11 is 6.24. The van der Waals surface area contributed by atoms with E-state index >= 15 is 0 Å². The van der Waals surface area contributed by atoms with Crippen molar-refractivity contribution in [1.29, 1.82) is 0 Å². The molecule has 11 heteroatoms. The molecule has 10 nitrogen and oxygen atoms in total. The quantitative estimate of drug-likeness (QED) is 0.372. The minimum atomic E-state index is -0.503. The molecule has 1 aromatic carbocycles. The fourth-order valence-corrected chi connectivity index (χ4v) is 3.41. The van der Waals surface area contributed by atoms with E-state index in [-0.39, 0.29) is 17.6 Å². The molecule has 158 valence electrons. The van der Waals surface area contributed by atoms with Gasteiger partial charge in [-0.05, 0) is 37.1 Å². The number of imidazole rings is 1. The van der Waals surface area contributed by atoms with E-state index < -0.39 is 5.69 Å². The minimum absolute atomic E-state index is 0.239. The van der Waals surface area contributed by atoms with Crippen molar-refractivity contribution in [3.05, 3.63) is 62.4 Å². The molecule has 3 heterocycles. The summed E-state index contributed by atoms with van der Waals surface area (Å²) in [6, 6.07) is 7.43. The van der Waals surface area contributed by atoms with Gasteiger partial charge >= 0.3 is 5.69 Å². The van der Waals surface area contributed by atoms with Gasteiger partial charge in [0.15, 0.2) is 11.1 Å². The number of nitrogens with zero attached hydrogens (tertiary/aromatic N) is 4. The van der Waals surface area contributed by atoms with E-state index in [1.54, 1.807) is 36.0 Å². The van der Waals surface area contributed by atoms with Crippen LogP contribution in [-0.4, -0.2) is 42.8 Å². The molecule has 3 aromatic heterocycles. The molecule has 0 saturated heterocycles. The van der Waals surface area contributed by atoms with Crippen LogP contribution in [0.3, 0.4) is 0 Å². The van der Waals surface area contributed by atoms with Gasteiger partial charge in [0.1, 0.15) is 17.3 Å². The highest BCUT2D eigenvalue weighted by Crippen LogP contribution is 2.28. The molecule has 0 unspecified atom stereocenters. The Hall–Kier alpha value is -3.79. The fourth-order valence-electron chi connectivity index (χ4n) is 3.15. The standard InChI is InChI=1S/C20H18ClN7O3/c1-31-15-5-4-12(7-13(15)21)23-16-8-17(24-11-2-3-11)28-18(26-16)10(9-22-28)6-14-19(29)27-20(30)25-14/h4-9,11,23,29H,2-3H2,1H3,(H2,25,27,30)/b10-6+,24-17?. The summed E-state index contributed by atoms with van der Waals surface area (Å²) in [5.41, 5.74) is 1.64. The normalized spacial score (nSPS) is 15.0. The molecule has 0 spiro atoms. The second-order valence-corrected chi connectivity index (χ2v) is 7.56. The maximum absolute atomic E-state index is 11.4. The molecule has 5 rings (SSSR count). The van der Waals surface area contributed by atoms with Gasteiger partial charge in [-0.3, -0.25) is 9.98 Å². The Labute approximate surface area is 179 Å². The van der Waals surface area contributed by atoms with E-state index in [0.717, 1.165) is 18.5 Å². The molecule has 1 aliphatic rings. The van der Waals surface area contributed by atoms with E-state index in [1.807, 2.05) is 12.1 Å². The lowest BCUT2D eigenvalue weighted by molar-refractivity contribution is 0.415. The monoisotopic (exact) mass is 439 g/mol. The van der Waals surface area contributed by atoms with Crippen molar-refractivity contribution in [2.45, 2.75) is 18.9 Å². The van der Waals surface area contributed by atoms with Gasteiger partial charge in [-0.1, -0.05) is 11.6 Å². The lowest BCUT2D eigenvalue weighted by atomic mass is 10.3. The van der Waals surface area contributed by atoms with Crippen molar-refractivity contribution in [1.82, 2.24) is 24.6 Å². The lowest BCUT2D eigenvalue weighted by Crippen LogP contribution is -2.19. The van der Waals surface area contributed by atoms with Gasteiger partial charge in [0.25, 0.3) is 0 Å². The second kappa shape index (κ2) is 7.47. The first-order valence-corrected chi connectivity index (χ1v) is 9.94. The van der Waals surface area contributed by atoms with Gasteiger partial charge in [-0.2, -0.15) is 9.61 Å². The first-order chi connectivity index (χ1) is 15.0. The summed E-state index contributed by atoms with van der Waals surface area (Å²) < 4.78 is 6.83. The van der Waals surface area contributed by atoms with E-state index in [4.69, 9.17) is 21.3 Å². The summed E-state index contributed by atoms with van der Waals surface area (Å²) in [6.07, 6.45) is 5.28. The van der Waals surface area contributed by atoms with Gasteiger partial charge in [-0.25, -0.2) is 9.78 Å². The highest BCUT2D eigenvalue weighted by atomic mass is 35.5. The third-order valence-electron chi connectivity index (χ3n) is 4.80. The molecule has 0 bridgehead atoms. The summed E-state index contributed by atoms with van der Waals surface area (Å²) in [6.45, 7) is 0. The van der Waals surface area contributed by atoms with Gasteiger partial charge in [0, 0.05) is 17.0 Å². The van der Waals surface area contributed by atoms with Gasteiger partial charge in [0.05, 0.1) is 24.4 Å². The van der Waals surface area contributed by atoms with Crippen LogP contribution in [0.1, 0.15) is 18.5 Å². The van der Waals surface area contributed by atoms with Crippen LogP contribution in [0.15, 0.2) is 40.2 Å². The number of aromatic hydroxyl groups is 1. The van der Waals surface area contributed by atoms with Crippen molar-refractivity contribution in [2.75, 3.05) is 12.4 Å². The number of halogens is 1. The van der Waals surface area contributed by atoms with E-state index in [1.165, 1.54) is 0 Å². The maximum atomic E-state index is 11.4. The number of nitrogens with one attached hydrogen (secondary N) is 3. The van der Waals surface area contributed by atoms with Gasteiger partial charge in [0.2, 0.25) is 5.88 Å². The number of methoxy groups -OCH3 is 1. The van der Waals surface area contributed by atoms with Crippen molar-refractivity contribution in [3.8, 4) is 11.6 Å². The Morgan fingerprint density at radius 1 is 1.35 bits per heavy atom. The molecule has 0 aliphatic heterocycles. The van der Waals surface area contributed by atoms with Crippen LogP contribution in [0.4, 0.5) is 11.5 Å². The molecule has 0 radical (unpaired) electrons. The number of H-pyrrole nitrogens is 2. The van der Waals surface area contributed by atoms with Gasteiger partial charge < -0.3 is 20.1 Å². The first-order valence-electron chi connectivity index (χ1n) is 9.56. The average molecular weight is 440 g/mol. The number of aromatic amines is 2. The number of hydrogen-bond acceptors (Lipinski definition) is 7. The van der Waals surface area contributed by atoms with Crippen LogP contribution in [0, 0.1) is 0 Å². The van der Waals surface area contributed by atoms with Crippen LogP contribution < -0.4 is 26.4 Å². The summed E-state index contributed by atoms with van der Waals surface area (Å²) in [7, 11) is 1.56. The topological polar surface area (TPSA) is 133 Å². The average Bonchev–Trinajstić information content (AvgIpc) is 3.37. The Kier molecular flexibility index (Phi) is 4.63. The van der Waals surface area contributed by atoms with Gasteiger partial charge in [-0.15, -0.1) is 0 Å². The molecule has 1 aliphatic carbocycles. The van der Waals surface area contributed by atoms with Crippen molar-refractivity contribution < 1.29 is 9.84 Å². The third-order valence-corrected chi connectivity index (χ3v) is 5.10. The van der Waals surface area contributed by atoms with Crippen LogP contribution >= 0.6 is 11.6 Å². The largest absolute Gasteiger partial charge is 0.495 e. The number of aromatic nitrogens is 5. The molecular weight excluding hydrogens is 422 g/mol. The molecule has 4 N–H and O–H groups in total. The minimum Gasteiger partial charge on any atom is -0.495 e. The summed E-state index contributed by atoms with van der Waals surface area (Å²) in [4.78, 5) is 25.7. The van der Waals surface area contributed by atoms with Crippen LogP contribution in [0.5, 0.6) is 11.6 Å². The zero-order valence-corrected chi connectivity index (χ0v) is 17.1. The fraction of sp³-hybridized carbons (Fsp3) is 0.200. The van der Waals surface area contributed by atoms with Crippen LogP contribution in [-0.2, 0) is 0 Å². The lowest BCUT2D eigenvalue weighted by Gasteiger charge is -2.09. The molecule has 1 fully saturated rings. The number of anilines is 2. The molecule has 0 atom stereocenters. The number of rotatable bonds is 5. The predicted molar refractivity (Wildman–Crippen MR) is 115 cm³/mol. The highest BCUT2D eigenvalue weighted by Gasteiger charge is 2.20. The molecule has 4 aromatic rings. The predicted octanol–water partition coefficient (Wildman–Crippen LogP) is 1.47. The molecule has 1 saturated carbocycles. The number of benzene rings is 1. The Balaban J connectivity index is 1.64. The third kappa shape index (κ3) is 3.84. The second-order valence-electron chi connectivity index (χ2n) is 7.16. The smallest absolute Gasteiger partial charge is 0.326 e. The summed E-state index contributed by atoms with van der Waals surface area (Å²) in [5.74, 6) is 0.873. The van der Waals surface area contributed by atoms with Crippen molar-refractivity contribution in [2.24, 2.45) is 4.99 Å². The van der Waals surface area contributed by atoms with E-state index in [0.29, 0.717) is 32.9 Å². The zero-order chi connectivity index (χ0) is 21.5. The number of ether oxygens (including phenoxy) is 1. The van der Waals surface area contributed by atoms with E-state index in [9.17, 15) is 9.90 Å². The zero-order valence-electron chi connectivity index (χ0n) is 16.4. The van der Waals surface area contributed by atoms with Crippen LogP contribution in [0.2, 0.25) is 5.02 Å². The highest BCUT2D eigenvalue weighted by molar-refractivity contribution is 6.32. The Morgan fingerprint density at radius 2 is 2.19 bits per heavy atom. The van der Waals surface area contributed by atoms with Crippen molar-refractivity contribution in [3.63, 3.8) is 0 Å². The Morgan fingerprint density at radius 3 is 2.87 bits per heavy atom. The maximum Gasteiger partial charge on any atom is 0.326 e. The Bertz CT molecular complexity index is 1470. The number of hydrogen-bond donors (Lipinski definition) is 4. The summed E-state index contributed by atoms with van der Waals surface area (Å²) in [5, 5.41) is 18.6. The molecule has 31 heavy (non-hydrogen) atoms. The number of fused-ring (bicyclic) bond motifs is 1. The molecular formula is C20H18ClN7O3.